The summed E-state index contributed by atoms with van der Waals surface area (Å²) in [4.78, 5) is 22.5. The van der Waals surface area contributed by atoms with Crippen molar-refractivity contribution in [2.24, 2.45) is 5.10 Å². The third kappa shape index (κ3) is 5.01. The molecule has 2 aromatic heterocycles. The van der Waals surface area contributed by atoms with Crippen LogP contribution in [0.15, 0.2) is 53.6 Å². The topological polar surface area (TPSA) is 107 Å². The van der Waals surface area contributed by atoms with E-state index in [-0.39, 0.29) is 23.4 Å². The molecular formula is C25H28N6O2. The van der Waals surface area contributed by atoms with Gasteiger partial charge in [0.15, 0.2) is 5.65 Å². The number of nitrogens with two attached hydrogens (primary N) is 1. The zero-order chi connectivity index (χ0) is 23.4. The summed E-state index contributed by atoms with van der Waals surface area (Å²) in [6.45, 7) is 7.02. The molecule has 0 saturated heterocycles. The van der Waals surface area contributed by atoms with E-state index in [9.17, 15) is 4.79 Å². The molecule has 4 aromatic rings. The van der Waals surface area contributed by atoms with Crippen LogP contribution in [-0.2, 0) is 4.74 Å². The number of fused-ring (bicyclic) bond motifs is 2. The van der Waals surface area contributed by atoms with Gasteiger partial charge in [-0.05, 0) is 44.9 Å². The number of hydrogen-bond donors (Lipinski definition) is 2. The molecule has 0 aliphatic carbocycles. The fourth-order valence-electron chi connectivity index (χ4n) is 3.45. The van der Waals surface area contributed by atoms with Crippen LogP contribution in [0.1, 0.15) is 41.8 Å². The van der Waals surface area contributed by atoms with Gasteiger partial charge < -0.3 is 15.8 Å². The van der Waals surface area contributed by atoms with E-state index in [1.165, 1.54) is 4.68 Å². The Morgan fingerprint density at radius 1 is 1.15 bits per heavy atom. The molecule has 1 amide bonds. The third-order valence-electron chi connectivity index (χ3n) is 5.16. The van der Waals surface area contributed by atoms with E-state index in [4.69, 9.17) is 20.4 Å². The first-order valence-corrected chi connectivity index (χ1v) is 11.0. The van der Waals surface area contributed by atoms with Crippen LogP contribution in [0.5, 0.6) is 0 Å². The van der Waals surface area contributed by atoms with Crippen molar-refractivity contribution >= 4 is 40.1 Å². The largest absolute Gasteiger partial charge is 0.383 e. The second-order valence-corrected chi connectivity index (χ2v) is 8.14. The van der Waals surface area contributed by atoms with Crippen LogP contribution in [0, 0.1) is 6.92 Å². The highest BCUT2D eigenvalue weighted by Crippen LogP contribution is 2.27. The second-order valence-electron chi connectivity index (χ2n) is 8.14. The van der Waals surface area contributed by atoms with E-state index in [1.807, 2.05) is 69.3 Å². The highest BCUT2D eigenvalue weighted by Gasteiger charge is 2.23. The lowest BCUT2D eigenvalue weighted by Crippen LogP contribution is -2.26. The number of benzene rings is 2. The molecule has 2 aromatic carbocycles. The minimum absolute atomic E-state index is 0.157. The van der Waals surface area contributed by atoms with Gasteiger partial charge in [-0.3, -0.25) is 4.79 Å². The van der Waals surface area contributed by atoms with Crippen molar-refractivity contribution in [3.05, 3.63) is 65.2 Å². The number of carbonyl (C=O) groups is 1. The highest BCUT2D eigenvalue weighted by molar-refractivity contribution is 6.10. The molecular weight excluding hydrogens is 416 g/mol. The van der Waals surface area contributed by atoms with Crippen molar-refractivity contribution in [3.8, 4) is 0 Å². The van der Waals surface area contributed by atoms with Crippen molar-refractivity contribution in [2.45, 2.75) is 33.3 Å². The number of nitrogens with one attached hydrogen (secondary N) is 1. The maximum Gasteiger partial charge on any atom is 0.257 e. The highest BCUT2D eigenvalue weighted by atomic mass is 16.5. The average Bonchev–Trinajstić information content (AvgIpc) is 3.06. The molecule has 2 heterocycles. The summed E-state index contributed by atoms with van der Waals surface area (Å²) in [7, 11) is 0. The number of nitrogen functional groups attached to an aromatic ring is 1. The number of hydrogen-bond acceptors (Lipinski definition) is 6. The molecule has 0 bridgehead atoms. The summed E-state index contributed by atoms with van der Waals surface area (Å²) in [5.74, 6) is -0.115. The number of rotatable bonds is 8. The van der Waals surface area contributed by atoms with Gasteiger partial charge in [0.25, 0.3) is 5.91 Å². The van der Waals surface area contributed by atoms with Gasteiger partial charge in [-0.15, -0.1) is 0 Å². The van der Waals surface area contributed by atoms with E-state index in [1.54, 1.807) is 6.21 Å². The summed E-state index contributed by atoms with van der Waals surface area (Å²) in [5.41, 5.74) is 11.0. The monoisotopic (exact) mass is 444 g/mol. The van der Waals surface area contributed by atoms with Crippen molar-refractivity contribution in [2.75, 3.05) is 18.9 Å². The summed E-state index contributed by atoms with van der Waals surface area (Å²) in [6, 6.07) is 15.4. The van der Waals surface area contributed by atoms with Crippen LogP contribution in [0.25, 0.3) is 22.2 Å². The fraction of sp³-hybridized carbons (Fsp3) is 0.280. The molecule has 0 fully saturated rings. The lowest BCUT2D eigenvalue weighted by atomic mass is 10.2. The first kappa shape index (κ1) is 22.4. The molecule has 0 atom stereocenters. The first-order valence-electron chi connectivity index (χ1n) is 11.0. The van der Waals surface area contributed by atoms with Crippen molar-refractivity contribution < 1.29 is 9.53 Å². The van der Waals surface area contributed by atoms with Crippen LogP contribution < -0.4 is 11.1 Å². The van der Waals surface area contributed by atoms with E-state index in [0.29, 0.717) is 41.8 Å². The Hall–Kier alpha value is -3.78. The number of aryl methyl sites for hydroxylation is 1. The molecule has 33 heavy (non-hydrogen) atoms. The average molecular weight is 445 g/mol. The van der Waals surface area contributed by atoms with Gasteiger partial charge in [0, 0.05) is 13.2 Å². The van der Waals surface area contributed by atoms with Gasteiger partial charge in [-0.1, -0.05) is 42.0 Å². The quantitative estimate of drug-likeness (QED) is 0.317. The summed E-state index contributed by atoms with van der Waals surface area (Å²) in [5, 5.41) is 7.45. The van der Waals surface area contributed by atoms with E-state index in [2.05, 4.69) is 10.4 Å². The lowest BCUT2D eigenvalue weighted by Gasteiger charge is -2.08. The molecule has 3 N–H and O–H groups in total. The zero-order valence-electron chi connectivity index (χ0n) is 19.1. The Balaban J connectivity index is 1.71. The maximum atomic E-state index is 13.1. The number of carbonyl (C=O) groups excluding carboxylic acids is 1. The number of para-hydroxylation sites is 2. The van der Waals surface area contributed by atoms with Gasteiger partial charge in [0.1, 0.15) is 16.9 Å². The van der Waals surface area contributed by atoms with Gasteiger partial charge in [0.2, 0.25) is 0 Å². The normalized spacial score (nSPS) is 11.8. The molecule has 0 saturated carbocycles. The van der Waals surface area contributed by atoms with Crippen LogP contribution in [0.4, 0.5) is 5.82 Å². The maximum absolute atomic E-state index is 13.1. The standard InChI is InChI=1S/C25H28N6O2/c1-16(2)33-14-6-13-27-25(32)21-22-24(30-20-8-5-4-7-19(20)29-22)31(23(21)26)28-15-18-11-9-17(3)10-12-18/h4-5,7-12,15-16H,6,13-14,26H2,1-3H3,(H,27,32)/b28-15-. The molecule has 0 spiro atoms. The Labute approximate surface area is 192 Å². The van der Waals surface area contributed by atoms with Crippen LogP contribution >= 0.6 is 0 Å². The van der Waals surface area contributed by atoms with Crippen molar-refractivity contribution in [3.63, 3.8) is 0 Å². The third-order valence-corrected chi connectivity index (χ3v) is 5.16. The predicted molar refractivity (Wildman–Crippen MR) is 132 cm³/mol. The number of anilines is 1. The SMILES string of the molecule is Cc1ccc(/C=N\n2c(N)c(C(=O)NCCCOC(C)C)c3nc4ccccc4nc32)cc1. The van der Waals surface area contributed by atoms with Crippen molar-refractivity contribution in [1.29, 1.82) is 0 Å². The Bertz CT molecular complexity index is 1310. The van der Waals surface area contributed by atoms with Crippen molar-refractivity contribution in [1.82, 2.24) is 20.0 Å². The van der Waals surface area contributed by atoms with Gasteiger partial charge in [0.05, 0.1) is 23.4 Å². The molecule has 170 valence electrons. The minimum atomic E-state index is -0.309. The molecule has 0 aliphatic rings. The minimum Gasteiger partial charge on any atom is -0.383 e. The second kappa shape index (κ2) is 9.79. The fourth-order valence-corrected chi connectivity index (χ4v) is 3.45. The lowest BCUT2D eigenvalue weighted by molar-refractivity contribution is 0.0757. The molecule has 8 nitrogen and oxygen atoms in total. The summed E-state index contributed by atoms with van der Waals surface area (Å²) in [6.07, 6.45) is 2.55. The molecule has 8 heteroatoms. The smallest absolute Gasteiger partial charge is 0.257 e. The number of ether oxygens (including phenoxy) is 1. The summed E-state index contributed by atoms with van der Waals surface area (Å²) >= 11 is 0. The predicted octanol–water partition coefficient (Wildman–Crippen LogP) is 3.90. The van der Waals surface area contributed by atoms with E-state index in [0.717, 1.165) is 11.1 Å². The number of nitrogens with zero attached hydrogens (tertiary/aromatic N) is 4. The molecule has 0 radical (unpaired) electrons. The number of amides is 1. The van der Waals surface area contributed by atoms with Gasteiger partial charge in [-0.2, -0.15) is 9.78 Å². The first-order chi connectivity index (χ1) is 15.9. The van der Waals surface area contributed by atoms with Crippen LogP contribution in [0.2, 0.25) is 0 Å². The van der Waals surface area contributed by atoms with E-state index >= 15 is 0 Å². The molecule has 4 rings (SSSR count). The zero-order valence-corrected chi connectivity index (χ0v) is 19.1. The molecule has 0 unspecified atom stereocenters. The van der Waals surface area contributed by atoms with Gasteiger partial charge >= 0.3 is 0 Å². The number of aromatic nitrogens is 3. The Morgan fingerprint density at radius 2 is 1.85 bits per heavy atom. The van der Waals surface area contributed by atoms with Crippen LogP contribution in [-0.4, -0.2) is 46.0 Å². The molecule has 0 aliphatic heterocycles. The van der Waals surface area contributed by atoms with E-state index < -0.39 is 0 Å². The Kier molecular flexibility index (Phi) is 6.65. The Morgan fingerprint density at radius 3 is 2.55 bits per heavy atom. The van der Waals surface area contributed by atoms with Crippen LogP contribution in [0.3, 0.4) is 0 Å². The van der Waals surface area contributed by atoms with Gasteiger partial charge in [-0.25, -0.2) is 9.97 Å². The summed E-state index contributed by atoms with van der Waals surface area (Å²) < 4.78 is 7.01.